The number of carboxylic acid groups (broad SMARTS) is 1. The first-order valence-electron chi connectivity index (χ1n) is 6.52. The van der Waals surface area contributed by atoms with Crippen LogP contribution in [-0.2, 0) is 4.79 Å². The fraction of sp³-hybridized carbons (Fsp3) is 0.333. The van der Waals surface area contributed by atoms with E-state index in [0.717, 1.165) is 9.75 Å². The molecule has 7 heteroatoms. The molecule has 0 aliphatic heterocycles. The van der Waals surface area contributed by atoms with E-state index < -0.39 is 12.0 Å². The van der Waals surface area contributed by atoms with Crippen molar-refractivity contribution in [3.63, 3.8) is 0 Å². The van der Waals surface area contributed by atoms with Crippen molar-refractivity contribution in [3.8, 4) is 0 Å². The second kappa shape index (κ2) is 11.3. The summed E-state index contributed by atoms with van der Waals surface area (Å²) in [4.78, 5) is 23.3. The standard InChI is InChI=1S/C9H6OS2.C6H13NO2.Ca.2H/c10-9(7-3-1-5-11-7)8-4-2-6-12-8;1-4(2)3-5(7)6(8)9;;;/h1-6H;4-5H,3,7H2,1-2H3,(H,8,9);;;. The Kier molecular flexibility index (Phi) is 11.2. The molecule has 0 bridgehead atoms. The minimum atomic E-state index is -0.913. The quantitative estimate of drug-likeness (QED) is 0.629. The molecule has 4 nitrogen and oxygen atoms in total. The molecule has 1 atom stereocenters. The number of nitrogens with two attached hydrogens (primary N) is 1. The van der Waals surface area contributed by atoms with Crippen LogP contribution in [0.3, 0.4) is 0 Å². The van der Waals surface area contributed by atoms with Crippen molar-refractivity contribution in [2.24, 2.45) is 11.7 Å². The Labute approximate surface area is 168 Å². The predicted molar refractivity (Wildman–Crippen MR) is 95.7 cm³/mol. The minimum absolute atomic E-state index is 0. The molecule has 0 aliphatic rings. The number of carbonyl (C=O) groups excluding carboxylic acids is 1. The van der Waals surface area contributed by atoms with Gasteiger partial charge in [-0.1, -0.05) is 26.0 Å². The van der Waals surface area contributed by atoms with E-state index in [-0.39, 0.29) is 43.5 Å². The van der Waals surface area contributed by atoms with Gasteiger partial charge in [0.25, 0.3) is 0 Å². The molecule has 3 N–H and O–H groups in total. The maximum atomic E-state index is 11.6. The van der Waals surface area contributed by atoms with Gasteiger partial charge in [0.2, 0.25) is 5.78 Å². The Bertz CT molecular complexity index is 517. The number of hydrogen-bond donors (Lipinski definition) is 2. The molecule has 118 valence electrons. The third-order valence-electron chi connectivity index (χ3n) is 2.53. The SMILES string of the molecule is CC(C)CC(N)C(=O)O.O=C(c1cccs1)c1cccs1.[CaH2]. The van der Waals surface area contributed by atoms with Gasteiger partial charge in [0, 0.05) is 0 Å². The molecule has 1 unspecified atom stereocenters. The first kappa shape index (κ1) is 21.8. The molecule has 2 aromatic heterocycles. The molecule has 0 radical (unpaired) electrons. The van der Waals surface area contributed by atoms with Crippen LogP contribution in [0.4, 0.5) is 0 Å². The third kappa shape index (κ3) is 7.85. The van der Waals surface area contributed by atoms with E-state index in [1.807, 2.05) is 48.9 Å². The van der Waals surface area contributed by atoms with Gasteiger partial charge in [-0.15, -0.1) is 22.7 Å². The van der Waals surface area contributed by atoms with E-state index in [1.165, 1.54) is 22.7 Å². The van der Waals surface area contributed by atoms with Gasteiger partial charge in [-0.2, -0.15) is 0 Å². The molecule has 2 heterocycles. The zero-order valence-electron chi connectivity index (χ0n) is 12.0. The first-order valence-corrected chi connectivity index (χ1v) is 8.27. The summed E-state index contributed by atoms with van der Waals surface area (Å²) >= 11 is 2.97. The van der Waals surface area contributed by atoms with Gasteiger partial charge in [0.05, 0.1) is 9.75 Å². The van der Waals surface area contributed by atoms with Crippen LogP contribution < -0.4 is 5.73 Å². The Morgan fingerprint density at radius 3 is 1.82 bits per heavy atom. The number of carboxylic acids is 1. The van der Waals surface area contributed by atoms with Gasteiger partial charge in [-0.25, -0.2) is 0 Å². The van der Waals surface area contributed by atoms with Gasteiger partial charge >= 0.3 is 43.7 Å². The fourth-order valence-corrected chi connectivity index (χ4v) is 2.97. The van der Waals surface area contributed by atoms with E-state index in [0.29, 0.717) is 12.3 Å². The summed E-state index contributed by atoms with van der Waals surface area (Å²) in [5.41, 5.74) is 5.22. The monoisotopic (exact) mass is 367 g/mol. The van der Waals surface area contributed by atoms with E-state index in [9.17, 15) is 9.59 Å². The molecular weight excluding hydrogens is 346 g/mol. The van der Waals surface area contributed by atoms with Crippen molar-refractivity contribution in [1.82, 2.24) is 0 Å². The van der Waals surface area contributed by atoms with E-state index in [1.54, 1.807) is 0 Å². The molecule has 0 aromatic carbocycles. The van der Waals surface area contributed by atoms with Crippen molar-refractivity contribution in [2.45, 2.75) is 26.3 Å². The summed E-state index contributed by atoms with van der Waals surface area (Å²) in [5, 5.41) is 12.1. The van der Waals surface area contributed by atoms with Gasteiger partial charge in [0.15, 0.2) is 0 Å². The molecule has 0 saturated carbocycles. The molecule has 2 aromatic rings. The number of thiophene rings is 2. The molecule has 0 amide bonds. The summed E-state index contributed by atoms with van der Waals surface area (Å²) in [6, 6.07) is 6.81. The summed E-state index contributed by atoms with van der Waals surface area (Å²) < 4.78 is 0. The third-order valence-corrected chi connectivity index (χ3v) is 4.27. The molecule has 0 spiro atoms. The molecule has 2 rings (SSSR count). The van der Waals surface area contributed by atoms with Crippen LogP contribution in [0, 0.1) is 5.92 Å². The van der Waals surface area contributed by atoms with Crippen molar-refractivity contribution >= 4 is 72.2 Å². The summed E-state index contributed by atoms with van der Waals surface area (Å²) in [5.74, 6) is -0.417. The van der Waals surface area contributed by atoms with Crippen LogP contribution >= 0.6 is 22.7 Å². The number of rotatable bonds is 5. The number of carbonyl (C=O) groups is 2. The average Bonchev–Trinajstić information content (AvgIpc) is 3.11. The second-order valence-corrected chi connectivity index (χ2v) is 6.75. The summed E-state index contributed by atoms with van der Waals surface area (Å²) in [7, 11) is 0. The zero-order valence-corrected chi connectivity index (χ0v) is 13.6. The van der Waals surface area contributed by atoms with Crippen molar-refractivity contribution in [2.75, 3.05) is 0 Å². The maximum absolute atomic E-state index is 11.6. The topological polar surface area (TPSA) is 80.4 Å². The predicted octanol–water partition coefficient (Wildman–Crippen LogP) is 2.57. The molecule has 22 heavy (non-hydrogen) atoms. The van der Waals surface area contributed by atoms with Gasteiger partial charge in [-0.3, -0.25) is 9.59 Å². The van der Waals surface area contributed by atoms with Crippen molar-refractivity contribution in [1.29, 1.82) is 0 Å². The van der Waals surface area contributed by atoms with Gasteiger partial charge < -0.3 is 10.8 Å². The molecule has 0 fully saturated rings. The van der Waals surface area contributed by atoms with E-state index >= 15 is 0 Å². The Morgan fingerprint density at radius 1 is 1.14 bits per heavy atom. The van der Waals surface area contributed by atoms with Crippen LogP contribution in [0.25, 0.3) is 0 Å². The number of hydrogen-bond acceptors (Lipinski definition) is 5. The van der Waals surface area contributed by atoms with E-state index in [4.69, 9.17) is 10.8 Å². The van der Waals surface area contributed by atoms with Gasteiger partial charge in [-0.05, 0) is 35.2 Å². The van der Waals surface area contributed by atoms with Gasteiger partial charge in [0.1, 0.15) is 6.04 Å². The first-order chi connectivity index (χ1) is 9.91. The molecule has 0 aliphatic carbocycles. The second-order valence-electron chi connectivity index (χ2n) is 4.86. The number of ketones is 1. The van der Waals surface area contributed by atoms with Crippen LogP contribution in [-0.4, -0.2) is 60.6 Å². The Balaban J connectivity index is 0.000000402. The average molecular weight is 368 g/mol. The Hall–Kier alpha value is -0.240. The molecule has 0 saturated heterocycles. The van der Waals surface area contributed by atoms with Crippen molar-refractivity contribution in [3.05, 3.63) is 44.8 Å². The zero-order chi connectivity index (χ0) is 15.8. The normalized spacial score (nSPS) is 11.1. The van der Waals surface area contributed by atoms with Crippen LogP contribution in [0.15, 0.2) is 35.0 Å². The van der Waals surface area contributed by atoms with Crippen molar-refractivity contribution < 1.29 is 14.7 Å². The molecular formula is C15H21CaNO3S2. The van der Waals surface area contributed by atoms with Crippen LogP contribution in [0.1, 0.15) is 34.8 Å². The van der Waals surface area contributed by atoms with Crippen LogP contribution in [0.5, 0.6) is 0 Å². The fourth-order valence-electron chi connectivity index (χ4n) is 1.55. The van der Waals surface area contributed by atoms with E-state index in [2.05, 4.69) is 0 Å². The van der Waals surface area contributed by atoms with Crippen LogP contribution in [0.2, 0.25) is 0 Å². The number of aliphatic carboxylic acids is 1. The Morgan fingerprint density at radius 2 is 1.59 bits per heavy atom. The summed E-state index contributed by atoms with van der Waals surface area (Å²) in [6.45, 7) is 3.89. The summed E-state index contributed by atoms with van der Waals surface area (Å²) in [6.07, 6.45) is 0.551.